The average molecular weight is 236 g/mol. The summed E-state index contributed by atoms with van der Waals surface area (Å²) in [6.45, 7) is 5.90. The Bertz CT molecular complexity index is 377. The van der Waals surface area contributed by atoms with Gasteiger partial charge in [-0.25, -0.2) is 5.84 Å². The Morgan fingerprint density at radius 1 is 1.41 bits per heavy atom. The summed E-state index contributed by atoms with van der Waals surface area (Å²) in [5, 5.41) is 0. The molecule has 17 heavy (non-hydrogen) atoms. The van der Waals surface area contributed by atoms with Gasteiger partial charge in [0, 0.05) is 0 Å². The van der Waals surface area contributed by atoms with E-state index in [1.165, 1.54) is 0 Å². The fourth-order valence-electron chi connectivity index (χ4n) is 1.62. The van der Waals surface area contributed by atoms with Gasteiger partial charge in [-0.3, -0.25) is 10.2 Å². The van der Waals surface area contributed by atoms with Crippen LogP contribution in [-0.2, 0) is 11.2 Å². The van der Waals surface area contributed by atoms with Gasteiger partial charge < -0.3 is 4.74 Å². The second kappa shape index (κ2) is 6.25. The molecule has 0 radical (unpaired) electrons. The highest BCUT2D eigenvalue weighted by atomic mass is 16.5. The number of para-hydroxylation sites is 1. The zero-order valence-corrected chi connectivity index (χ0v) is 10.6. The molecule has 1 atom stereocenters. The number of nitrogens with one attached hydrogen (secondary N) is 1. The Morgan fingerprint density at radius 2 is 2.06 bits per heavy atom. The van der Waals surface area contributed by atoms with Gasteiger partial charge in [0.2, 0.25) is 0 Å². The van der Waals surface area contributed by atoms with Crippen molar-refractivity contribution in [2.24, 2.45) is 11.8 Å². The summed E-state index contributed by atoms with van der Waals surface area (Å²) < 4.78 is 5.76. The van der Waals surface area contributed by atoms with Crippen LogP contribution in [0.2, 0.25) is 0 Å². The Kier molecular flexibility index (Phi) is 4.97. The number of hydrazine groups is 1. The van der Waals surface area contributed by atoms with Crippen LogP contribution in [-0.4, -0.2) is 12.0 Å². The molecule has 1 aromatic carbocycles. The van der Waals surface area contributed by atoms with Crippen molar-refractivity contribution in [2.75, 3.05) is 0 Å². The molecular formula is C13H20N2O2. The minimum absolute atomic E-state index is 0.0588. The van der Waals surface area contributed by atoms with Crippen molar-refractivity contribution >= 4 is 5.91 Å². The molecule has 0 aliphatic heterocycles. The topological polar surface area (TPSA) is 64.3 Å². The van der Waals surface area contributed by atoms with Gasteiger partial charge in [-0.05, 0) is 24.0 Å². The molecule has 3 N–H and O–H groups in total. The van der Waals surface area contributed by atoms with E-state index < -0.39 is 6.10 Å². The number of ether oxygens (including phenoxy) is 1. The standard InChI is InChI=1S/C13H20N2O2/c1-4-10-7-5-6-8-11(10)17-12(9(2)3)13(16)15-14/h5-9,12H,4,14H2,1-3H3,(H,15,16). The molecule has 1 aromatic rings. The third-order valence-corrected chi connectivity index (χ3v) is 2.61. The Balaban J connectivity index is 2.89. The van der Waals surface area contributed by atoms with Crippen LogP contribution in [0, 0.1) is 5.92 Å². The average Bonchev–Trinajstić information content (AvgIpc) is 2.35. The smallest absolute Gasteiger partial charge is 0.275 e. The number of hydrogen-bond acceptors (Lipinski definition) is 3. The molecule has 0 aromatic heterocycles. The predicted molar refractivity (Wildman–Crippen MR) is 67.4 cm³/mol. The predicted octanol–water partition coefficient (Wildman–Crippen LogP) is 1.64. The van der Waals surface area contributed by atoms with E-state index in [4.69, 9.17) is 10.6 Å². The fraction of sp³-hybridized carbons (Fsp3) is 0.462. The van der Waals surface area contributed by atoms with E-state index in [0.717, 1.165) is 17.7 Å². The van der Waals surface area contributed by atoms with Crippen LogP contribution in [0.5, 0.6) is 5.75 Å². The van der Waals surface area contributed by atoms with Crippen molar-refractivity contribution in [3.63, 3.8) is 0 Å². The minimum Gasteiger partial charge on any atom is -0.480 e. The fourth-order valence-corrected chi connectivity index (χ4v) is 1.62. The number of carbonyl (C=O) groups is 1. The normalized spacial score (nSPS) is 12.3. The van der Waals surface area contributed by atoms with Crippen molar-refractivity contribution in [1.82, 2.24) is 5.43 Å². The lowest BCUT2D eigenvalue weighted by molar-refractivity contribution is -0.129. The lowest BCUT2D eigenvalue weighted by Crippen LogP contribution is -2.44. The van der Waals surface area contributed by atoms with Gasteiger partial charge in [-0.15, -0.1) is 0 Å². The second-order valence-electron chi connectivity index (χ2n) is 4.25. The van der Waals surface area contributed by atoms with E-state index in [0.29, 0.717) is 0 Å². The van der Waals surface area contributed by atoms with Gasteiger partial charge >= 0.3 is 0 Å². The van der Waals surface area contributed by atoms with E-state index in [-0.39, 0.29) is 11.8 Å². The molecule has 0 bridgehead atoms. The molecule has 0 heterocycles. The van der Waals surface area contributed by atoms with Gasteiger partial charge in [0.05, 0.1) is 0 Å². The van der Waals surface area contributed by atoms with Gasteiger partial charge in [0.1, 0.15) is 5.75 Å². The maximum absolute atomic E-state index is 11.6. The summed E-state index contributed by atoms with van der Waals surface area (Å²) in [6.07, 6.45) is 0.304. The van der Waals surface area contributed by atoms with E-state index in [2.05, 4.69) is 12.3 Å². The molecule has 94 valence electrons. The van der Waals surface area contributed by atoms with Gasteiger partial charge in [0.15, 0.2) is 6.10 Å². The Labute approximate surface area is 102 Å². The third kappa shape index (κ3) is 3.46. The van der Waals surface area contributed by atoms with Crippen molar-refractivity contribution in [1.29, 1.82) is 0 Å². The van der Waals surface area contributed by atoms with Crippen molar-refractivity contribution in [3.8, 4) is 5.75 Å². The number of aryl methyl sites for hydroxylation is 1. The van der Waals surface area contributed by atoms with E-state index in [9.17, 15) is 4.79 Å². The molecule has 4 nitrogen and oxygen atoms in total. The highest BCUT2D eigenvalue weighted by Gasteiger charge is 2.24. The number of hydrogen-bond donors (Lipinski definition) is 2. The van der Waals surface area contributed by atoms with Crippen molar-refractivity contribution < 1.29 is 9.53 Å². The summed E-state index contributed by atoms with van der Waals surface area (Å²) in [5.74, 6) is 5.66. The molecule has 1 unspecified atom stereocenters. The highest BCUT2D eigenvalue weighted by molar-refractivity contribution is 5.80. The number of amides is 1. The first-order chi connectivity index (χ1) is 8.10. The first kappa shape index (κ1) is 13.5. The molecule has 1 rings (SSSR count). The molecule has 0 saturated carbocycles. The monoisotopic (exact) mass is 236 g/mol. The molecule has 0 aliphatic carbocycles. The Morgan fingerprint density at radius 3 is 2.59 bits per heavy atom. The molecule has 0 fully saturated rings. The highest BCUT2D eigenvalue weighted by Crippen LogP contribution is 2.21. The van der Waals surface area contributed by atoms with Gasteiger partial charge in [-0.2, -0.15) is 0 Å². The number of benzene rings is 1. The SMILES string of the molecule is CCc1ccccc1OC(C(=O)NN)C(C)C. The zero-order valence-electron chi connectivity index (χ0n) is 10.6. The van der Waals surface area contributed by atoms with Crippen LogP contribution in [0.4, 0.5) is 0 Å². The lowest BCUT2D eigenvalue weighted by Gasteiger charge is -2.22. The quantitative estimate of drug-likeness (QED) is 0.464. The summed E-state index contributed by atoms with van der Waals surface area (Å²) in [6, 6.07) is 7.72. The Hall–Kier alpha value is -1.55. The van der Waals surface area contributed by atoms with Crippen LogP contribution in [0.1, 0.15) is 26.3 Å². The van der Waals surface area contributed by atoms with Crippen LogP contribution in [0.25, 0.3) is 0 Å². The molecule has 1 amide bonds. The van der Waals surface area contributed by atoms with Crippen LogP contribution < -0.4 is 16.0 Å². The molecule has 4 heteroatoms. The van der Waals surface area contributed by atoms with E-state index in [1.54, 1.807) is 0 Å². The largest absolute Gasteiger partial charge is 0.480 e. The summed E-state index contributed by atoms with van der Waals surface area (Å²) in [4.78, 5) is 11.6. The number of nitrogens with two attached hydrogens (primary N) is 1. The molecule has 0 spiro atoms. The first-order valence-electron chi connectivity index (χ1n) is 5.85. The molecule has 0 aliphatic rings. The molecule has 0 saturated heterocycles. The van der Waals surface area contributed by atoms with Crippen LogP contribution >= 0.6 is 0 Å². The maximum atomic E-state index is 11.6. The zero-order chi connectivity index (χ0) is 12.8. The van der Waals surface area contributed by atoms with E-state index in [1.807, 2.05) is 38.1 Å². The number of carbonyl (C=O) groups excluding carboxylic acids is 1. The van der Waals surface area contributed by atoms with Crippen molar-refractivity contribution in [3.05, 3.63) is 29.8 Å². The maximum Gasteiger partial charge on any atom is 0.275 e. The summed E-state index contributed by atoms with van der Waals surface area (Å²) >= 11 is 0. The number of rotatable bonds is 5. The van der Waals surface area contributed by atoms with Crippen LogP contribution in [0.15, 0.2) is 24.3 Å². The summed E-state index contributed by atoms with van der Waals surface area (Å²) in [5.41, 5.74) is 3.23. The summed E-state index contributed by atoms with van der Waals surface area (Å²) in [7, 11) is 0. The first-order valence-corrected chi connectivity index (χ1v) is 5.85. The second-order valence-corrected chi connectivity index (χ2v) is 4.25. The molecular weight excluding hydrogens is 216 g/mol. The van der Waals surface area contributed by atoms with Crippen molar-refractivity contribution in [2.45, 2.75) is 33.3 Å². The minimum atomic E-state index is -0.562. The lowest BCUT2D eigenvalue weighted by atomic mass is 10.1. The van der Waals surface area contributed by atoms with Gasteiger partial charge in [0.25, 0.3) is 5.91 Å². The van der Waals surface area contributed by atoms with Crippen LogP contribution in [0.3, 0.4) is 0 Å². The van der Waals surface area contributed by atoms with E-state index >= 15 is 0 Å². The van der Waals surface area contributed by atoms with Gasteiger partial charge in [-0.1, -0.05) is 39.0 Å². The third-order valence-electron chi connectivity index (χ3n) is 2.61.